The SMILES string of the molecule is CC(C)C[C@@H](C(N)=O)N(CC#N)[C@@H](c1ccc(-c2ccc3[nH]c(=O)sc3c2)cc1)C(F)(F)F. The summed E-state index contributed by atoms with van der Waals surface area (Å²) in [6.07, 6.45) is -4.64. The van der Waals surface area contributed by atoms with Crippen LogP contribution in [0, 0.1) is 17.2 Å². The number of fused-ring (bicyclic) bond motifs is 1. The van der Waals surface area contributed by atoms with E-state index in [0.717, 1.165) is 26.5 Å². The van der Waals surface area contributed by atoms with Crippen LogP contribution in [0.3, 0.4) is 0 Å². The second-order valence-electron chi connectivity index (χ2n) is 8.17. The molecule has 0 fully saturated rings. The van der Waals surface area contributed by atoms with Crippen LogP contribution in [0.25, 0.3) is 21.3 Å². The van der Waals surface area contributed by atoms with Gasteiger partial charge in [-0.05, 0) is 41.2 Å². The maximum Gasteiger partial charge on any atom is 0.408 e. The molecule has 6 nitrogen and oxygen atoms in total. The van der Waals surface area contributed by atoms with Gasteiger partial charge in [-0.3, -0.25) is 14.5 Å². The van der Waals surface area contributed by atoms with E-state index in [0.29, 0.717) is 11.1 Å². The molecule has 0 radical (unpaired) electrons. The Hall–Kier alpha value is -3.16. The predicted octanol–water partition coefficient (Wildman–Crippen LogP) is 4.59. The third kappa shape index (κ3) is 5.61. The summed E-state index contributed by atoms with van der Waals surface area (Å²) in [7, 11) is 0. The van der Waals surface area contributed by atoms with Crippen molar-refractivity contribution in [2.24, 2.45) is 11.7 Å². The molecule has 0 unspecified atom stereocenters. The summed E-state index contributed by atoms with van der Waals surface area (Å²) < 4.78 is 43.4. The van der Waals surface area contributed by atoms with Gasteiger partial charge in [-0.25, -0.2) is 0 Å². The van der Waals surface area contributed by atoms with Crippen molar-refractivity contribution in [3.63, 3.8) is 0 Å². The first-order chi connectivity index (χ1) is 15.5. The molecule has 0 bridgehead atoms. The van der Waals surface area contributed by atoms with Gasteiger partial charge in [0.2, 0.25) is 5.91 Å². The Kier molecular flexibility index (Phi) is 7.25. The average Bonchev–Trinajstić information content (AvgIpc) is 3.10. The van der Waals surface area contributed by atoms with Crippen LogP contribution < -0.4 is 10.6 Å². The van der Waals surface area contributed by atoms with Crippen molar-refractivity contribution in [3.8, 4) is 17.2 Å². The topological polar surface area (TPSA) is 103 Å². The number of carbonyl (C=O) groups is 1. The van der Waals surface area contributed by atoms with E-state index in [-0.39, 0.29) is 22.8 Å². The molecular formula is C23H23F3N4O2S. The molecular weight excluding hydrogens is 453 g/mol. The largest absolute Gasteiger partial charge is 0.408 e. The van der Waals surface area contributed by atoms with Gasteiger partial charge < -0.3 is 10.7 Å². The van der Waals surface area contributed by atoms with E-state index in [1.807, 2.05) is 0 Å². The molecule has 1 amide bonds. The van der Waals surface area contributed by atoms with Gasteiger partial charge >= 0.3 is 11.0 Å². The summed E-state index contributed by atoms with van der Waals surface area (Å²) in [6.45, 7) is 2.95. The first-order valence-corrected chi connectivity index (χ1v) is 11.0. The van der Waals surface area contributed by atoms with E-state index in [1.54, 1.807) is 50.2 Å². The van der Waals surface area contributed by atoms with Crippen molar-refractivity contribution >= 4 is 27.5 Å². The van der Waals surface area contributed by atoms with Crippen LogP contribution in [-0.4, -0.2) is 34.6 Å². The molecule has 3 rings (SSSR count). The van der Waals surface area contributed by atoms with Gasteiger partial charge in [-0.1, -0.05) is 55.5 Å². The molecule has 10 heteroatoms. The second-order valence-corrected chi connectivity index (χ2v) is 9.18. The van der Waals surface area contributed by atoms with Gasteiger partial charge in [0.15, 0.2) is 0 Å². The number of benzene rings is 2. The van der Waals surface area contributed by atoms with Crippen LogP contribution in [0.2, 0.25) is 0 Å². The fourth-order valence-electron chi connectivity index (χ4n) is 3.88. The van der Waals surface area contributed by atoms with Crippen LogP contribution in [-0.2, 0) is 4.79 Å². The van der Waals surface area contributed by atoms with Gasteiger partial charge in [0.25, 0.3) is 0 Å². The van der Waals surface area contributed by atoms with Crippen molar-refractivity contribution < 1.29 is 18.0 Å². The summed E-state index contributed by atoms with van der Waals surface area (Å²) in [5.41, 5.74) is 7.46. The summed E-state index contributed by atoms with van der Waals surface area (Å²) >= 11 is 1.05. The summed E-state index contributed by atoms with van der Waals surface area (Å²) in [5, 5.41) is 9.21. The molecule has 1 aromatic heterocycles. The molecule has 0 saturated heterocycles. The average molecular weight is 477 g/mol. The number of H-pyrrole nitrogens is 1. The lowest BCUT2D eigenvalue weighted by atomic mass is 9.95. The van der Waals surface area contributed by atoms with Crippen LogP contribution in [0.1, 0.15) is 31.9 Å². The molecule has 0 aliphatic rings. The third-order valence-electron chi connectivity index (χ3n) is 5.30. The number of carbonyl (C=O) groups excluding carboxylic acids is 1. The minimum atomic E-state index is -4.74. The number of aromatic nitrogens is 1. The molecule has 0 aliphatic carbocycles. The number of halogens is 3. The number of amides is 1. The fourth-order valence-corrected chi connectivity index (χ4v) is 4.65. The number of alkyl halides is 3. The van der Waals surface area contributed by atoms with E-state index in [2.05, 4.69) is 4.98 Å². The number of thiazole rings is 1. The van der Waals surface area contributed by atoms with Gasteiger partial charge in [0, 0.05) is 0 Å². The van der Waals surface area contributed by atoms with Crippen LogP contribution >= 0.6 is 11.3 Å². The zero-order valence-electron chi connectivity index (χ0n) is 18.0. The Morgan fingerprint density at radius 3 is 2.36 bits per heavy atom. The Labute approximate surface area is 192 Å². The second kappa shape index (κ2) is 9.77. The Bertz CT molecular complexity index is 1230. The monoisotopic (exact) mass is 476 g/mol. The summed E-state index contributed by atoms with van der Waals surface area (Å²) in [5.74, 6) is -0.998. The smallest absolute Gasteiger partial charge is 0.368 e. The van der Waals surface area contributed by atoms with Gasteiger partial charge in [0.05, 0.1) is 28.9 Å². The lowest BCUT2D eigenvalue weighted by molar-refractivity contribution is -0.192. The molecule has 2 aromatic carbocycles. The van der Waals surface area contributed by atoms with Crippen molar-refractivity contribution in [1.29, 1.82) is 5.26 Å². The number of hydrogen-bond acceptors (Lipinski definition) is 5. The Morgan fingerprint density at radius 2 is 1.82 bits per heavy atom. The van der Waals surface area contributed by atoms with E-state index < -0.39 is 30.7 Å². The van der Waals surface area contributed by atoms with Crippen LogP contribution in [0.4, 0.5) is 13.2 Å². The van der Waals surface area contributed by atoms with E-state index in [1.165, 1.54) is 12.1 Å². The zero-order chi connectivity index (χ0) is 24.3. The number of hydrogen-bond donors (Lipinski definition) is 2. The Morgan fingerprint density at radius 1 is 1.18 bits per heavy atom. The fraction of sp³-hybridized carbons (Fsp3) is 0.348. The summed E-state index contributed by atoms with van der Waals surface area (Å²) in [6, 6.07) is 9.44. The molecule has 174 valence electrons. The first kappa shape index (κ1) is 24.5. The number of nitriles is 1. The highest BCUT2D eigenvalue weighted by molar-refractivity contribution is 7.16. The number of nitrogens with one attached hydrogen (secondary N) is 1. The third-order valence-corrected chi connectivity index (χ3v) is 6.14. The van der Waals surface area contributed by atoms with Gasteiger partial charge in [0.1, 0.15) is 6.04 Å². The predicted molar refractivity (Wildman–Crippen MR) is 121 cm³/mol. The molecule has 0 spiro atoms. The molecule has 2 atom stereocenters. The van der Waals surface area contributed by atoms with E-state index in [4.69, 9.17) is 5.73 Å². The number of rotatable bonds is 8. The normalized spacial score (nSPS) is 13.9. The quantitative estimate of drug-likeness (QED) is 0.464. The standard InChI is InChI=1S/C23H23F3N4O2S/c1-13(2)11-18(21(28)31)30(10-9-27)20(23(24,25)26)15-5-3-14(4-6-15)16-7-8-17-19(12-16)33-22(32)29-17/h3-8,12-13,18,20H,10-11H2,1-2H3,(H2,28,31)(H,29,32)/t18-,20-/m0/s1. The summed E-state index contributed by atoms with van der Waals surface area (Å²) in [4.78, 5) is 26.9. The minimum absolute atomic E-state index is 0.0936. The van der Waals surface area contributed by atoms with Gasteiger partial charge in [-0.15, -0.1) is 0 Å². The zero-order valence-corrected chi connectivity index (χ0v) is 18.8. The van der Waals surface area contributed by atoms with Crippen molar-refractivity contribution in [2.45, 2.75) is 38.5 Å². The maximum atomic E-state index is 14.2. The first-order valence-electron chi connectivity index (χ1n) is 10.2. The van der Waals surface area contributed by atoms with Crippen molar-refractivity contribution in [3.05, 3.63) is 57.7 Å². The highest BCUT2D eigenvalue weighted by Gasteiger charge is 2.47. The van der Waals surface area contributed by atoms with Crippen molar-refractivity contribution in [2.75, 3.05) is 6.54 Å². The van der Waals surface area contributed by atoms with Crippen molar-refractivity contribution in [1.82, 2.24) is 9.88 Å². The molecule has 0 aliphatic heterocycles. The number of nitrogens with zero attached hydrogens (tertiary/aromatic N) is 2. The molecule has 0 saturated carbocycles. The van der Waals surface area contributed by atoms with Crippen LogP contribution in [0.15, 0.2) is 47.3 Å². The Balaban J connectivity index is 2.01. The molecule has 33 heavy (non-hydrogen) atoms. The molecule has 1 heterocycles. The molecule has 3 N–H and O–H groups in total. The number of primary amides is 1. The highest BCUT2D eigenvalue weighted by atomic mass is 32.1. The highest BCUT2D eigenvalue weighted by Crippen LogP contribution is 2.40. The molecule has 3 aromatic rings. The van der Waals surface area contributed by atoms with Crippen LogP contribution in [0.5, 0.6) is 0 Å². The maximum absolute atomic E-state index is 14.2. The van der Waals surface area contributed by atoms with E-state index in [9.17, 15) is 28.0 Å². The number of nitrogens with two attached hydrogens (primary N) is 1. The minimum Gasteiger partial charge on any atom is -0.368 e. The lowest BCUT2D eigenvalue weighted by Gasteiger charge is -2.37. The number of aromatic amines is 1. The lowest BCUT2D eigenvalue weighted by Crippen LogP contribution is -2.51. The van der Waals surface area contributed by atoms with Gasteiger partial charge in [-0.2, -0.15) is 18.4 Å². The van der Waals surface area contributed by atoms with E-state index >= 15 is 0 Å².